The Bertz CT molecular complexity index is 429. The first-order chi connectivity index (χ1) is 8.74. The minimum atomic E-state index is 0.657. The lowest BCUT2D eigenvalue weighted by atomic mass is 10.0. The first-order valence-electron chi connectivity index (χ1n) is 7.00. The van der Waals surface area contributed by atoms with Crippen LogP contribution >= 0.6 is 11.6 Å². The maximum atomic E-state index is 6.22. The van der Waals surface area contributed by atoms with Crippen LogP contribution < -0.4 is 10.2 Å². The Kier molecular flexibility index (Phi) is 3.49. The van der Waals surface area contributed by atoms with Gasteiger partial charge >= 0.3 is 0 Å². The molecule has 3 heteroatoms. The lowest BCUT2D eigenvalue weighted by molar-refractivity contribution is 0.420. The van der Waals surface area contributed by atoms with Gasteiger partial charge in [0.2, 0.25) is 0 Å². The highest BCUT2D eigenvalue weighted by atomic mass is 35.5. The van der Waals surface area contributed by atoms with E-state index in [0.29, 0.717) is 6.04 Å². The van der Waals surface area contributed by atoms with Crippen molar-refractivity contribution in [2.24, 2.45) is 0 Å². The van der Waals surface area contributed by atoms with Crippen molar-refractivity contribution < 1.29 is 0 Å². The fraction of sp³-hybridized carbons (Fsp3) is 0.600. The summed E-state index contributed by atoms with van der Waals surface area (Å²) in [6.45, 7) is 4.40. The van der Waals surface area contributed by atoms with E-state index in [9.17, 15) is 0 Å². The zero-order valence-corrected chi connectivity index (χ0v) is 11.7. The molecule has 1 saturated carbocycles. The van der Waals surface area contributed by atoms with Crippen LogP contribution in [-0.2, 0) is 0 Å². The highest BCUT2D eigenvalue weighted by molar-refractivity contribution is 6.31. The number of nitrogens with zero attached hydrogens (tertiary/aromatic N) is 1. The second-order valence-electron chi connectivity index (χ2n) is 5.61. The maximum Gasteiger partial charge on any atom is 0.0455 e. The first kappa shape index (κ1) is 12.3. The van der Waals surface area contributed by atoms with Crippen molar-refractivity contribution in [3.63, 3.8) is 0 Å². The van der Waals surface area contributed by atoms with Gasteiger partial charge in [-0.25, -0.2) is 0 Å². The third-order valence-electron chi connectivity index (χ3n) is 4.05. The van der Waals surface area contributed by atoms with E-state index in [2.05, 4.69) is 29.3 Å². The van der Waals surface area contributed by atoms with Crippen LogP contribution in [0.1, 0.15) is 31.2 Å². The third-order valence-corrected chi connectivity index (χ3v) is 4.46. The van der Waals surface area contributed by atoms with E-state index >= 15 is 0 Å². The largest absolute Gasteiger partial charge is 0.370 e. The molecule has 1 heterocycles. The van der Waals surface area contributed by atoms with E-state index in [1.54, 1.807) is 0 Å². The van der Waals surface area contributed by atoms with E-state index in [0.717, 1.165) is 24.2 Å². The van der Waals surface area contributed by atoms with Gasteiger partial charge in [0, 0.05) is 35.9 Å². The summed E-state index contributed by atoms with van der Waals surface area (Å²) in [6.07, 6.45) is 5.32. The highest BCUT2D eigenvalue weighted by Gasteiger charge is 2.28. The number of hydrogen-bond donors (Lipinski definition) is 1. The molecule has 1 aromatic rings. The number of halogens is 1. The molecule has 0 amide bonds. The highest BCUT2D eigenvalue weighted by Crippen LogP contribution is 2.29. The van der Waals surface area contributed by atoms with Crippen molar-refractivity contribution in [1.82, 2.24) is 5.32 Å². The molecule has 1 atom stereocenters. The average Bonchev–Trinajstić information content (AvgIpc) is 3.17. The minimum Gasteiger partial charge on any atom is -0.370 e. The topological polar surface area (TPSA) is 15.3 Å². The first-order valence-corrected chi connectivity index (χ1v) is 7.38. The fourth-order valence-electron chi connectivity index (χ4n) is 2.85. The van der Waals surface area contributed by atoms with Crippen molar-refractivity contribution >= 4 is 17.3 Å². The zero-order chi connectivity index (χ0) is 12.5. The van der Waals surface area contributed by atoms with Gasteiger partial charge in [-0.2, -0.15) is 0 Å². The van der Waals surface area contributed by atoms with E-state index in [1.807, 2.05) is 6.07 Å². The smallest absolute Gasteiger partial charge is 0.0455 e. The normalized spacial score (nSPS) is 24.3. The number of hydrogen-bond acceptors (Lipinski definition) is 2. The summed E-state index contributed by atoms with van der Waals surface area (Å²) < 4.78 is 0. The number of nitrogens with one attached hydrogen (secondary N) is 1. The molecule has 1 aliphatic carbocycles. The SMILES string of the molecule is Cc1c(Cl)cccc1N1CCCC(NC2CC2)C1. The molecule has 2 aliphatic rings. The van der Waals surface area contributed by atoms with E-state index < -0.39 is 0 Å². The summed E-state index contributed by atoms with van der Waals surface area (Å²) in [7, 11) is 0. The molecule has 3 rings (SSSR count). The van der Waals surface area contributed by atoms with Crippen LogP contribution in [0.15, 0.2) is 18.2 Å². The molecule has 0 radical (unpaired) electrons. The molecule has 2 nitrogen and oxygen atoms in total. The molecule has 2 fully saturated rings. The summed E-state index contributed by atoms with van der Waals surface area (Å²) in [5, 5.41) is 4.63. The van der Waals surface area contributed by atoms with Gasteiger partial charge in [0.1, 0.15) is 0 Å². The lowest BCUT2D eigenvalue weighted by Gasteiger charge is -2.36. The second kappa shape index (κ2) is 5.10. The lowest BCUT2D eigenvalue weighted by Crippen LogP contribution is -2.46. The van der Waals surface area contributed by atoms with Crippen molar-refractivity contribution in [3.8, 4) is 0 Å². The van der Waals surface area contributed by atoms with Gasteiger partial charge in [-0.15, -0.1) is 0 Å². The summed E-state index contributed by atoms with van der Waals surface area (Å²) in [4.78, 5) is 2.49. The molecule has 0 aromatic heterocycles. The number of rotatable bonds is 3. The van der Waals surface area contributed by atoms with Crippen molar-refractivity contribution in [3.05, 3.63) is 28.8 Å². The van der Waals surface area contributed by atoms with Crippen LogP contribution in [0.4, 0.5) is 5.69 Å². The Labute approximate surface area is 114 Å². The van der Waals surface area contributed by atoms with Crippen LogP contribution in [0.5, 0.6) is 0 Å². The van der Waals surface area contributed by atoms with E-state index in [-0.39, 0.29) is 0 Å². The molecule has 1 saturated heterocycles. The van der Waals surface area contributed by atoms with Gasteiger partial charge in [0.05, 0.1) is 0 Å². The monoisotopic (exact) mass is 264 g/mol. The summed E-state index contributed by atoms with van der Waals surface area (Å²) in [5.41, 5.74) is 2.52. The minimum absolute atomic E-state index is 0.657. The van der Waals surface area contributed by atoms with Crippen LogP contribution in [0, 0.1) is 6.92 Å². The fourth-order valence-corrected chi connectivity index (χ4v) is 3.02. The quantitative estimate of drug-likeness (QED) is 0.901. The number of benzene rings is 1. The number of piperidine rings is 1. The van der Waals surface area contributed by atoms with Crippen LogP contribution in [0.3, 0.4) is 0 Å². The Morgan fingerprint density at radius 3 is 2.83 bits per heavy atom. The van der Waals surface area contributed by atoms with Gasteiger partial charge < -0.3 is 10.2 Å². The average molecular weight is 265 g/mol. The Balaban J connectivity index is 1.72. The molecular weight excluding hydrogens is 244 g/mol. The molecular formula is C15H21ClN2. The molecule has 1 aliphatic heterocycles. The molecule has 18 heavy (non-hydrogen) atoms. The van der Waals surface area contributed by atoms with Crippen LogP contribution in [-0.4, -0.2) is 25.2 Å². The van der Waals surface area contributed by atoms with Gasteiger partial charge in [-0.3, -0.25) is 0 Å². The molecule has 0 spiro atoms. The number of anilines is 1. The van der Waals surface area contributed by atoms with Gasteiger partial charge in [0.25, 0.3) is 0 Å². The van der Waals surface area contributed by atoms with Crippen molar-refractivity contribution in [1.29, 1.82) is 0 Å². The summed E-state index contributed by atoms with van der Waals surface area (Å²) >= 11 is 6.22. The predicted octanol–water partition coefficient (Wildman–Crippen LogP) is 3.37. The maximum absolute atomic E-state index is 6.22. The Morgan fingerprint density at radius 1 is 1.22 bits per heavy atom. The van der Waals surface area contributed by atoms with Gasteiger partial charge in [0.15, 0.2) is 0 Å². The molecule has 1 unspecified atom stereocenters. The molecule has 98 valence electrons. The van der Waals surface area contributed by atoms with E-state index in [1.165, 1.54) is 36.9 Å². The van der Waals surface area contributed by atoms with Crippen LogP contribution in [0.2, 0.25) is 5.02 Å². The van der Waals surface area contributed by atoms with Crippen molar-refractivity contribution in [2.45, 2.75) is 44.7 Å². The second-order valence-corrected chi connectivity index (χ2v) is 6.02. The van der Waals surface area contributed by atoms with Gasteiger partial charge in [-0.05, 0) is 50.3 Å². The summed E-state index contributed by atoms with van der Waals surface area (Å²) in [5.74, 6) is 0. The van der Waals surface area contributed by atoms with E-state index in [4.69, 9.17) is 11.6 Å². The van der Waals surface area contributed by atoms with Crippen molar-refractivity contribution in [2.75, 3.05) is 18.0 Å². The van der Waals surface area contributed by atoms with Crippen LogP contribution in [0.25, 0.3) is 0 Å². The predicted molar refractivity (Wildman–Crippen MR) is 77.6 cm³/mol. The Hall–Kier alpha value is -0.730. The standard InChI is InChI=1S/C15H21ClN2/c1-11-14(16)5-2-6-15(11)18-9-3-4-13(10-18)17-12-7-8-12/h2,5-6,12-13,17H,3-4,7-10H2,1H3. The summed E-state index contributed by atoms with van der Waals surface area (Å²) in [6, 6.07) is 7.69. The molecule has 1 N–H and O–H groups in total. The molecule has 0 bridgehead atoms. The third kappa shape index (κ3) is 2.65. The molecule has 1 aromatic carbocycles. The Morgan fingerprint density at radius 2 is 2.06 bits per heavy atom. The zero-order valence-electron chi connectivity index (χ0n) is 11.0. The van der Waals surface area contributed by atoms with Gasteiger partial charge in [-0.1, -0.05) is 17.7 Å².